The van der Waals surface area contributed by atoms with E-state index in [1.165, 1.54) is 42.2 Å². The molecule has 1 aromatic heterocycles. The molecule has 12 heteroatoms. The Kier molecular flexibility index (Phi) is 10.9. The molecule has 0 saturated carbocycles. The Balaban J connectivity index is 1.61. The van der Waals surface area contributed by atoms with Gasteiger partial charge in [-0.25, -0.2) is 18.2 Å². The van der Waals surface area contributed by atoms with Gasteiger partial charge in [0.25, 0.3) is 17.7 Å². The number of thiazole rings is 1. The molecule has 1 aliphatic rings. The third-order valence-electron chi connectivity index (χ3n) is 8.53. The van der Waals surface area contributed by atoms with E-state index in [1.807, 2.05) is 51.1 Å². The minimum absolute atomic E-state index is 0.0440. The van der Waals surface area contributed by atoms with Gasteiger partial charge in [0.1, 0.15) is 23.3 Å². The first kappa shape index (κ1) is 36.4. The van der Waals surface area contributed by atoms with E-state index in [-0.39, 0.29) is 34.7 Å². The number of hydrogen-bond donors (Lipinski definition) is 0. The molecule has 50 heavy (non-hydrogen) atoms. The summed E-state index contributed by atoms with van der Waals surface area (Å²) in [4.78, 5) is 60.7. The molecule has 0 radical (unpaired) electrons. The number of fused-ring (bicyclic) bond motifs is 1. The van der Waals surface area contributed by atoms with E-state index in [0.717, 1.165) is 28.7 Å². The minimum Gasteiger partial charge on any atom is -0.453 e. The highest BCUT2D eigenvalue weighted by molar-refractivity contribution is 7.15. The van der Waals surface area contributed by atoms with E-state index >= 15 is 4.39 Å². The van der Waals surface area contributed by atoms with Crippen molar-refractivity contribution < 1.29 is 37.1 Å². The van der Waals surface area contributed by atoms with Crippen molar-refractivity contribution in [2.45, 2.75) is 65.6 Å². The Labute approximate surface area is 292 Å². The van der Waals surface area contributed by atoms with E-state index in [0.29, 0.717) is 17.0 Å². The third-order valence-corrected chi connectivity index (χ3v) is 9.63. The summed E-state index contributed by atoms with van der Waals surface area (Å²) in [5.41, 5.74) is 0.841. The van der Waals surface area contributed by atoms with Crippen LogP contribution in [-0.4, -0.2) is 63.8 Å². The molecule has 3 amide bonds. The Morgan fingerprint density at radius 3 is 2.14 bits per heavy atom. The molecular formula is C38H38F3N3O5S. The molecule has 0 fully saturated rings. The summed E-state index contributed by atoms with van der Waals surface area (Å²) in [6, 6.07) is 16.7. The molecule has 5 rings (SSSR count). The molecule has 262 valence electrons. The second kappa shape index (κ2) is 15.0. The standard InChI is InChI=1S/C38H38F3N3O5S/c1-22(49-23(2)45)35(46)43(18-17-26(21-39)44-36(47)27-13-9-10-14-28(27)37(44)48)33(38(3,4)5)32-31(19-24-11-7-6-8-12-24)50-34(42-32)29-20-25(40)15-16-30(29)41/h6-16,20,22,26,33H,17-19,21H2,1-5H3/t22-,26-,33+/m0/s1. The average Bonchev–Trinajstić information content (AvgIpc) is 3.58. The summed E-state index contributed by atoms with van der Waals surface area (Å²) in [6.07, 6.45) is -1.05. The molecule has 0 unspecified atom stereocenters. The highest BCUT2D eigenvalue weighted by Gasteiger charge is 2.43. The van der Waals surface area contributed by atoms with E-state index in [4.69, 9.17) is 9.72 Å². The molecule has 4 aromatic rings. The van der Waals surface area contributed by atoms with Crippen LogP contribution in [0.1, 0.15) is 83.9 Å². The van der Waals surface area contributed by atoms with Crippen molar-refractivity contribution in [2.24, 2.45) is 5.41 Å². The first-order chi connectivity index (χ1) is 23.7. The fraction of sp³-hybridized carbons (Fsp3) is 0.342. The number of rotatable bonds is 12. The molecule has 0 bridgehead atoms. The molecule has 3 aromatic carbocycles. The van der Waals surface area contributed by atoms with E-state index < -0.39 is 65.6 Å². The number of alkyl halides is 1. The lowest BCUT2D eigenvalue weighted by Crippen LogP contribution is -2.49. The van der Waals surface area contributed by atoms with Crippen molar-refractivity contribution in [3.05, 3.63) is 112 Å². The smallest absolute Gasteiger partial charge is 0.303 e. The van der Waals surface area contributed by atoms with Crippen molar-refractivity contribution >= 4 is 35.0 Å². The van der Waals surface area contributed by atoms with Gasteiger partial charge < -0.3 is 9.64 Å². The van der Waals surface area contributed by atoms with Crippen LogP contribution in [0.25, 0.3) is 10.6 Å². The highest BCUT2D eigenvalue weighted by atomic mass is 32.1. The summed E-state index contributed by atoms with van der Waals surface area (Å²) in [6.45, 7) is 6.99. The van der Waals surface area contributed by atoms with Gasteiger partial charge in [-0.1, -0.05) is 63.2 Å². The Morgan fingerprint density at radius 1 is 0.940 bits per heavy atom. The van der Waals surface area contributed by atoms with Gasteiger partial charge in [0.2, 0.25) is 0 Å². The van der Waals surface area contributed by atoms with Crippen LogP contribution in [0.5, 0.6) is 0 Å². The van der Waals surface area contributed by atoms with Gasteiger partial charge in [-0.2, -0.15) is 0 Å². The van der Waals surface area contributed by atoms with Crippen LogP contribution < -0.4 is 0 Å². The fourth-order valence-electron chi connectivity index (χ4n) is 6.29. The predicted octanol–water partition coefficient (Wildman–Crippen LogP) is 7.57. The Hall–Kier alpha value is -4.84. The maximum absolute atomic E-state index is 15.1. The summed E-state index contributed by atoms with van der Waals surface area (Å²) < 4.78 is 49.6. The molecule has 0 saturated heterocycles. The minimum atomic E-state index is -1.25. The average molecular weight is 706 g/mol. The number of nitrogens with zero attached hydrogens (tertiary/aromatic N) is 3. The lowest BCUT2D eigenvalue weighted by Gasteiger charge is -2.41. The number of carbonyl (C=O) groups excluding carboxylic acids is 4. The summed E-state index contributed by atoms with van der Waals surface area (Å²) in [5, 5.41) is 0.199. The zero-order valence-electron chi connectivity index (χ0n) is 28.4. The maximum atomic E-state index is 15.1. The van der Waals surface area contributed by atoms with E-state index in [9.17, 15) is 28.0 Å². The van der Waals surface area contributed by atoms with Gasteiger partial charge in [-0.15, -0.1) is 11.3 Å². The zero-order chi connectivity index (χ0) is 36.3. The topological polar surface area (TPSA) is 96.9 Å². The van der Waals surface area contributed by atoms with Crippen LogP contribution in [-0.2, 0) is 20.7 Å². The quantitative estimate of drug-likeness (QED) is 0.112. The van der Waals surface area contributed by atoms with Gasteiger partial charge in [0.05, 0.1) is 28.9 Å². The number of ether oxygens (including phenoxy) is 1. The first-order valence-corrected chi connectivity index (χ1v) is 17.0. The molecular weight excluding hydrogens is 667 g/mol. The molecule has 1 aliphatic heterocycles. The highest BCUT2D eigenvalue weighted by Crippen LogP contribution is 2.44. The van der Waals surface area contributed by atoms with Crippen molar-refractivity contribution in [1.29, 1.82) is 0 Å². The van der Waals surface area contributed by atoms with Crippen molar-refractivity contribution in [1.82, 2.24) is 14.8 Å². The fourth-order valence-corrected chi connectivity index (χ4v) is 7.43. The molecule has 0 aliphatic carbocycles. The van der Waals surface area contributed by atoms with Crippen LogP contribution in [0.15, 0.2) is 72.8 Å². The second-order valence-electron chi connectivity index (χ2n) is 13.3. The lowest BCUT2D eigenvalue weighted by atomic mass is 9.82. The maximum Gasteiger partial charge on any atom is 0.303 e. The number of benzene rings is 3. The molecule has 0 N–H and O–H groups in total. The zero-order valence-corrected chi connectivity index (χ0v) is 29.2. The number of hydrogen-bond acceptors (Lipinski definition) is 7. The van der Waals surface area contributed by atoms with Crippen LogP contribution in [0, 0.1) is 17.0 Å². The SMILES string of the molecule is CC(=O)O[C@@H](C)C(=O)N(CC[C@@H](CF)N1C(=O)c2ccccc2C1=O)[C@H](c1nc(-c2cc(F)ccc2F)sc1Cc1ccccc1)C(C)(C)C. The molecule has 8 nitrogen and oxygen atoms in total. The molecule has 3 atom stereocenters. The van der Waals surface area contributed by atoms with E-state index in [2.05, 4.69) is 0 Å². The summed E-state index contributed by atoms with van der Waals surface area (Å²) in [7, 11) is 0. The molecule has 0 spiro atoms. The van der Waals surface area contributed by atoms with Crippen molar-refractivity contribution in [3.8, 4) is 10.6 Å². The van der Waals surface area contributed by atoms with Gasteiger partial charge >= 0.3 is 5.97 Å². The van der Waals surface area contributed by atoms with Crippen LogP contribution in [0.2, 0.25) is 0 Å². The van der Waals surface area contributed by atoms with E-state index in [1.54, 1.807) is 12.1 Å². The van der Waals surface area contributed by atoms with Crippen molar-refractivity contribution in [3.63, 3.8) is 0 Å². The molecule has 2 heterocycles. The largest absolute Gasteiger partial charge is 0.453 e. The van der Waals surface area contributed by atoms with Crippen LogP contribution in [0.3, 0.4) is 0 Å². The monoisotopic (exact) mass is 705 g/mol. The second-order valence-corrected chi connectivity index (χ2v) is 14.4. The Bertz CT molecular complexity index is 1870. The number of amides is 3. The number of esters is 1. The number of aromatic nitrogens is 1. The van der Waals surface area contributed by atoms with Gasteiger partial charge in [-0.05, 0) is 54.7 Å². The van der Waals surface area contributed by atoms with Gasteiger partial charge in [-0.3, -0.25) is 24.1 Å². The van der Waals surface area contributed by atoms with Gasteiger partial charge in [0.15, 0.2) is 6.10 Å². The number of halogens is 3. The third kappa shape index (κ3) is 7.65. The first-order valence-electron chi connectivity index (χ1n) is 16.2. The summed E-state index contributed by atoms with van der Waals surface area (Å²) >= 11 is 1.17. The number of imide groups is 1. The van der Waals surface area contributed by atoms with Crippen LogP contribution in [0.4, 0.5) is 13.2 Å². The van der Waals surface area contributed by atoms with Gasteiger partial charge in [0, 0.05) is 30.3 Å². The number of carbonyl (C=O) groups is 4. The normalized spacial score (nSPS) is 14.7. The van der Waals surface area contributed by atoms with Crippen LogP contribution >= 0.6 is 11.3 Å². The Morgan fingerprint density at radius 2 is 1.56 bits per heavy atom. The predicted molar refractivity (Wildman–Crippen MR) is 183 cm³/mol. The van der Waals surface area contributed by atoms with Crippen molar-refractivity contribution in [2.75, 3.05) is 13.2 Å². The summed E-state index contributed by atoms with van der Waals surface area (Å²) in [5.74, 6) is -3.87. The lowest BCUT2D eigenvalue weighted by molar-refractivity contribution is -0.160.